The molecule has 0 spiro atoms. The predicted octanol–water partition coefficient (Wildman–Crippen LogP) is 2.98. The number of hydrogen-bond donors (Lipinski definition) is 2. The summed E-state index contributed by atoms with van der Waals surface area (Å²) in [6, 6.07) is 4.70. The molecule has 6 heteroatoms. The van der Waals surface area contributed by atoms with Gasteiger partial charge in [0.1, 0.15) is 5.54 Å². The van der Waals surface area contributed by atoms with Crippen LogP contribution in [0.2, 0.25) is 10.0 Å². The van der Waals surface area contributed by atoms with Crippen molar-refractivity contribution < 1.29 is 14.7 Å². The number of aliphatic carboxylic acids is 1. The second kappa shape index (κ2) is 5.02. The molecule has 1 fully saturated rings. The number of halogens is 2. The molecule has 0 aromatic heterocycles. The second-order valence-corrected chi connectivity index (χ2v) is 5.65. The third-order valence-electron chi connectivity index (χ3n) is 3.40. The first-order valence-corrected chi connectivity index (χ1v) is 6.61. The van der Waals surface area contributed by atoms with E-state index in [0.29, 0.717) is 0 Å². The zero-order valence-corrected chi connectivity index (χ0v) is 11.8. The van der Waals surface area contributed by atoms with Crippen molar-refractivity contribution in [1.82, 2.24) is 5.32 Å². The minimum atomic E-state index is -1.28. The topological polar surface area (TPSA) is 66.4 Å². The molecule has 1 aliphatic rings. The summed E-state index contributed by atoms with van der Waals surface area (Å²) in [6.45, 7) is 1.51. The molecule has 1 aromatic carbocycles. The van der Waals surface area contributed by atoms with Gasteiger partial charge in [0.25, 0.3) is 5.91 Å². The summed E-state index contributed by atoms with van der Waals surface area (Å²) >= 11 is 11.9. The van der Waals surface area contributed by atoms with Gasteiger partial charge < -0.3 is 10.4 Å². The Labute approximate surface area is 120 Å². The van der Waals surface area contributed by atoms with Gasteiger partial charge in [-0.1, -0.05) is 29.3 Å². The summed E-state index contributed by atoms with van der Waals surface area (Å²) in [5, 5.41) is 12.2. The number of rotatable bonds is 4. The molecule has 1 unspecified atom stereocenters. The Morgan fingerprint density at radius 2 is 1.84 bits per heavy atom. The van der Waals surface area contributed by atoms with Gasteiger partial charge in [0, 0.05) is 0 Å². The Morgan fingerprint density at radius 3 is 2.26 bits per heavy atom. The minimum Gasteiger partial charge on any atom is -0.480 e. The molecule has 2 N–H and O–H groups in total. The first-order valence-electron chi connectivity index (χ1n) is 5.86. The number of nitrogens with one attached hydrogen (secondary N) is 1. The molecule has 1 amide bonds. The van der Waals surface area contributed by atoms with Gasteiger partial charge in [-0.25, -0.2) is 4.79 Å². The van der Waals surface area contributed by atoms with Gasteiger partial charge in [0.2, 0.25) is 0 Å². The predicted molar refractivity (Wildman–Crippen MR) is 72.7 cm³/mol. The van der Waals surface area contributed by atoms with Crippen molar-refractivity contribution in [3.8, 4) is 0 Å². The SMILES string of the molecule is CC(NC(=O)c1c(Cl)cccc1Cl)(C(=O)O)C1CC1. The normalized spacial score (nSPS) is 17.6. The smallest absolute Gasteiger partial charge is 0.329 e. The van der Waals surface area contributed by atoms with Crippen molar-refractivity contribution in [1.29, 1.82) is 0 Å². The highest BCUT2D eigenvalue weighted by Crippen LogP contribution is 2.40. The molecular weight excluding hydrogens is 289 g/mol. The summed E-state index contributed by atoms with van der Waals surface area (Å²) in [4.78, 5) is 23.6. The lowest BCUT2D eigenvalue weighted by Crippen LogP contribution is -2.54. The van der Waals surface area contributed by atoms with Gasteiger partial charge in [0.05, 0.1) is 15.6 Å². The lowest BCUT2D eigenvalue weighted by atomic mass is 9.95. The molecule has 2 rings (SSSR count). The molecule has 1 saturated carbocycles. The highest BCUT2D eigenvalue weighted by atomic mass is 35.5. The largest absolute Gasteiger partial charge is 0.480 e. The maximum atomic E-state index is 12.2. The Balaban J connectivity index is 2.28. The van der Waals surface area contributed by atoms with Gasteiger partial charge in [0.15, 0.2) is 0 Å². The maximum Gasteiger partial charge on any atom is 0.329 e. The lowest BCUT2D eigenvalue weighted by Gasteiger charge is -2.26. The van der Waals surface area contributed by atoms with Crippen LogP contribution in [-0.2, 0) is 4.79 Å². The van der Waals surface area contributed by atoms with E-state index in [2.05, 4.69) is 5.32 Å². The van der Waals surface area contributed by atoms with Gasteiger partial charge in [-0.15, -0.1) is 0 Å². The van der Waals surface area contributed by atoms with Crippen LogP contribution in [0.25, 0.3) is 0 Å². The van der Waals surface area contributed by atoms with Crippen molar-refractivity contribution in [2.24, 2.45) is 5.92 Å². The van der Waals surface area contributed by atoms with Crippen LogP contribution in [-0.4, -0.2) is 22.5 Å². The molecule has 0 saturated heterocycles. The number of carbonyl (C=O) groups excluding carboxylic acids is 1. The Hall–Kier alpha value is -1.26. The van der Waals surface area contributed by atoms with Crippen LogP contribution in [0.15, 0.2) is 18.2 Å². The average molecular weight is 302 g/mol. The zero-order valence-electron chi connectivity index (χ0n) is 10.2. The quantitative estimate of drug-likeness (QED) is 0.898. The van der Waals surface area contributed by atoms with E-state index < -0.39 is 17.4 Å². The van der Waals surface area contributed by atoms with Crippen molar-refractivity contribution in [2.75, 3.05) is 0 Å². The van der Waals surface area contributed by atoms with Crippen LogP contribution in [0.5, 0.6) is 0 Å². The third kappa shape index (κ3) is 2.69. The van der Waals surface area contributed by atoms with E-state index in [-0.39, 0.29) is 21.5 Å². The van der Waals surface area contributed by atoms with Gasteiger partial charge >= 0.3 is 5.97 Å². The number of carboxylic acids is 1. The second-order valence-electron chi connectivity index (χ2n) is 4.83. The number of amides is 1. The molecule has 1 aromatic rings. The van der Waals surface area contributed by atoms with Crippen LogP contribution in [0, 0.1) is 5.92 Å². The number of hydrogen-bond acceptors (Lipinski definition) is 2. The van der Waals surface area contributed by atoms with E-state index in [1.807, 2.05) is 0 Å². The third-order valence-corrected chi connectivity index (χ3v) is 4.03. The highest BCUT2D eigenvalue weighted by Gasteiger charge is 2.48. The fourth-order valence-corrected chi connectivity index (χ4v) is 2.57. The van der Waals surface area contributed by atoms with Gasteiger partial charge in [-0.2, -0.15) is 0 Å². The molecular formula is C13H13Cl2NO3. The van der Waals surface area contributed by atoms with Crippen molar-refractivity contribution >= 4 is 35.1 Å². The maximum absolute atomic E-state index is 12.2. The summed E-state index contributed by atoms with van der Waals surface area (Å²) < 4.78 is 0. The first-order chi connectivity index (χ1) is 8.86. The van der Waals surface area contributed by atoms with Crippen LogP contribution < -0.4 is 5.32 Å². The fraction of sp³-hybridized carbons (Fsp3) is 0.385. The summed E-state index contributed by atoms with van der Waals surface area (Å²) in [5.74, 6) is -1.66. The summed E-state index contributed by atoms with van der Waals surface area (Å²) in [6.07, 6.45) is 1.58. The van der Waals surface area contributed by atoms with E-state index in [1.165, 1.54) is 19.1 Å². The van der Waals surface area contributed by atoms with E-state index >= 15 is 0 Å². The molecule has 0 aliphatic heterocycles. The highest BCUT2D eigenvalue weighted by molar-refractivity contribution is 6.39. The molecule has 19 heavy (non-hydrogen) atoms. The molecule has 4 nitrogen and oxygen atoms in total. The molecule has 102 valence electrons. The fourth-order valence-electron chi connectivity index (χ4n) is 2.00. The molecule has 0 radical (unpaired) electrons. The summed E-state index contributed by atoms with van der Waals surface area (Å²) in [5.41, 5.74) is -1.17. The average Bonchev–Trinajstić information content (AvgIpc) is 3.12. The van der Waals surface area contributed by atoms with Crippen LogP contribution >= 0.6 is 23.2 Å². The first kappa shape index (κ1) is 14.2. The van der Waals surface area contributed by atoms with Crippen LogP contribution in [0.3, 0.4) is 0 Å². The van der Waals surface area contributed by atoms with Crippen molar-refractivity contribution in [3.05, 3.63) is 33.8 Å². The molecule has 0 bridgehead atoms. The number of carbonyl (C=O) groups is 2. The molecule has 0 heterocycles. The van der Waals surface area contributed by atoms with Crippen molar-refractivity contribution in [3.63, 3.8) is 0 Å². The monoisotopic (exact) mass is 301 g/mol. The van der Waals surface area contributed by atoms with Crippen LogP contribution in [0.4, 0.5) is 0 Å². The minimum absolute atomic E-state index is 0.0461. The lowest BCUT2D eigenvalue weighted by molar-refractivity contribution is -0.144. The number of carboxylic acid groups (broad SMARTS) is 1. The van der Waals surface area contributed by atoms with Crippen molar-refractivity contribution in [2.45, 2.75) is 25.3 Å². The van der Waals surface area contributed by atoms with E-state index in [4.69, 9.17) is 23.2 Å². The zero-order chi connectivity index (χ0) is 14.2. The molecule has 1 atom stereocenters. The summed E-state index contributed by atoms with van der Waals surface area (Å²) in [7, 11) is 0. The van der Waals surface area contributed by atoms with Gasteiger partial charge in [-0.05, 0) is 37.8 Å². The van der Waals surface area contributed by atoms with E-state index in [9.17, 15) is 14.7 Å². The Morgan fingerprint density at radius 1 is 1.32 bits per heavy atom. The van der Waals surface area contributed by atoms with Gasteiger partial charge in [-0.3, -0.25) is 4.79 Å². The molecule has 1 aliphatic carbocycles. The standard InChI is InChI=1S/C13H13Cl2NO3/c1-13(12(18)19,7-5-6-7)16-11(17)10-8(14)3-2-4-9(10)15/h2-4,7H,5-6H2,1H3,(H,16,17)(H,18,19). The van der Waals surface area contributed by atoms with E-state index in [1.54, 1.807) is 6.07 Å². The van der Waals surface area contributed by atoms with E-state index in [0.717, 1.165) is 12.8 Å². The van der Waals surface area contributed by atoms with Crippen LogP contribution in [0.1, 0.15) is 30.1 Å². The number of benzene rings is 1. The Bertz CT molecular complexity index is 522. The Kier molecular flexibility index (Phi) is 3.74.